The Bertz CT molecular complexity index is 1330. The van der Waals surface area contributed by atoms with E-state index >= 15 is 0 Å². The van der Waals surface area contributed by atoms with Gasteiger partial charge >= 0.3 is 0 Å². The lowest BCUT2D eigenvalue weighted by atomic mass is 10.1. The number of amides is 2. The Morgan fingerprint density at radius 3 is 2.34 bits per heavy atom. The minimum atomic E-state index is -0.0791. The zero-order valence-electron chi connectivity index (χ0n) is 20.2. The van der Waals surface area contributed by atoms with Gasteiger partial charge in [-0.1, -0.05) is 60.7 Å². The van der Waals surface area contributed by atoms with Gasteiger partial charge in [-0.3, -0.25) is 9.59 Å². The molecule has 1 aliphatic rings. The van der Waals surface area contributed by atoms with Crippen molar-refractivity contribution >= 4 is 28.5 Å². The maximum absolute atomic E-state index is 13.6. The highest BCUT2D eigenvalue weighted by Gasteiger charge is 2.35. The molecule has 178 valence electrons. The number of hydrogen-bond donors (Lipinski definition) is 0. The second kappa shape index (κ2) is 9.74. The van der Waals surface area contributed by atoms with Crippen LogP contribution < -0.4 is 4.90 Å². The van der Waals surface area contributed by atoms with Gasteiger partial charge in [-0.05, 0) is 43.7 Å². The van der Waals surface area contributed by atoms with E-state index in [-0.39, 0.29) is 30.3 Å². The predicted molar refractivity (Wildman–Crippen MR) is 138 cm³/mol. The summed E-state index contributed by atoms with van der Waals surface area (Å²) in [6.45, 7) is 5.39. The van der Waals surface area contributed by atoms with Crippen LogP contribution in [0.4, 0.5) is 5.69 Å². The van der Waals surface area contributed by atoms with Crippen molar-refractivity contribution in [3.8, 4) is 0 Å². The number of aromatic nitrogens is 2. The second-order valence-electron chi connectivity index (χ2n) is 9.39. The van der Waals surface area contributed by atoms with Crippen LogP contribution in [0.25, 0.3) is 11.0 Å². The molecule has 35 heavy (non-hydrogen) atoms. The maximum atomic E-state index is 13.6. The summed E-state index contributed by atoms with van der Waals surface area (Å²) in [6, 6.07) is 27.8. The van der Waals surface area contributed by atoms with Crippen molar-refractivity contribution < 1.29 is 9.59 Å². The number of carbonyl (C=O) groups is 2. The summed E-state index contributed by atoms with van der Waals surface area (Å²) < 4.78 is 2.02. The molecule has 0 spiro atoms. The van der Waals surface area contributed by atoms with Crippen molar-refractivity contribution in [3.05, 3.63) is 96.3 Å². The van der Waals surface area contributed by atoms with Gasteiger partial charge in [0.1, 0.15) is 12.4 Å². The van der Waals surface area contributed by atoms with E-state index in [4.69, 9.17) is 4.98 Å². The Hall–Kier alpha value is -3.93. The van der Waals surface area contributed by atoms with Crippen LogP contribution in [-0.2, 0) is 22.7 Å². The van der Waals surface area contributed by atoms with Crippen molar-refractivity contribution in [2.45, 2.75) is 45.3 Å². The average molecular weight is 467 g/mol. The van der Waals surface area contributed by atoms with E-state index in [0.717, 1.165) is 28.1 Å². The molecule has 2 heterocycles. The van der Waals surface area contributed by atoms with Crippen LogP contribution in [0.2, 0.25) is 0 Å². The molecule has 1 fully saturated rings. The first-order valence-electron chi connectivity index (χ1n) is 12.1. The Labute approximate surface area is 205 Å². The summed E-state index contributed by atoms with van der Waals surface area (Å²) in [5.41, 5.74) is 3.77. The minimum absolute atomic E-state index is 0.0393. The van der Waals surface area contributed by atoms with Gasteiger partial charge in [-0.15, -0.1) is 0 Å². The highest BCUT2D eigenvalue weighted by Crippen LogP contribution is 2.33. The Kier molecular flexibility index (Phi) is 6.36. The fraction of sp³-hybridized carbons (Fsp3) is 0.276. The molecule has 0 aliphatic carbocycles. The summed E-state index contributed by atoms with van der Waals surface area (Å²) in [5.74, 6) is 0.843. The van der Waals surface area contributed by atoms with E-state index in [9.17, 15) is 9.59 Å². The predicted octanol–water partition coefficient (Wildman–Crippen LogP) is 4.99. The van der Waals surface area contributed by atoms with Crippen LogP contribution in [0.3, 0.4) is 0 Å². The molecule has 3 aromatic carbocycles. The van der Waals surface area contributed by atoms with E-state index in [2.05, 4.69) is 0 Å². The minimum Gasteiger partial charge on any atom is -0.334 e. The number of para-hydroxylation sites is 3. The smallest absolute Gasteiger partial charge is 0.243 e. The standard InChI is InChI=1S/C29H30N4O2/c1-21(2)31(18-22-11-5-3-6-12-22)28(35)20-33-26-16-10-9-15-25(26)30-29(33)23-17-27(34)32(19-23)24-13-7-4-8-14-24/h3-16,21,23H,17-20H2,1-2H3. The fourth-order valence-electron chi connectivity index (χ4n) is 4.87. The molecule has 1 unspecified atom stereocenters. The number of imidazole rings is 1. The van der Waals surface area contributed by atoms with E-state index in [1.54, 1.807) is 0 Å². The number of rotatable bonds is 7. The van der Waals surface area contributed by atoms with Gasteiger partial charge in [0.25, 0.3) is 0 Å². The van der Waals surface area contributed by atoms with Crippen molar-refractivity contribution in [1.82, 2.24) is 14.5 Å². The van der Waals surface area contributed by atoms with Crippen LogP contribution in [0, 0.1) is 0 Å². The first kappa shape index (κ1) is 22.8. The number of hydrogen-bond acceptors (Lipinski definition) is 3. The first-order chi connectivity index (χ1) is 17.0. The van der Waals surface area contributed by atoms with Crippen molar-refractivity contribution in [1.29, 1.82) is 0 Å². The van der Waals surface area contributed by atoms with Gasteiger partial charge in [0.05, 0.1) is 11.0 Å². The van der Waals surface area contributed by atoms with Gasteiger partial charge < -0.3 is 14.4 Å². The molecular weight excluding hydrogens is 436 g/mol. The third kappa shape index (κ3) is 4.69. The fourth-order valence-corrected chi connectivity index (χ4v) is 4.87. The summed E-state index contributed by atoms with van der Waals surface area (Å²) in [5, 5.41) is 0. The van der Waals surface area contributed by atoms with Gasteiger partial charge in [0.2, 0.25) is 11.8 Å². The quantitative estimate of drug-likeness (QED) is 0.385. The lowest BCUT2D eigenvalue weighted by Crippen LogP contribution is -2.39. The summed E-state index contributed by atoms with van der Waals surface area (Å²) in [6.07, 6.45) is 0.379. The number of anilines is 1. The molecule has 0 N–H and O–H groups in total. The van der Waals surface area contributed by atoms with Crippen LogP contribution in [-0.4, -0.2) is 38.9 Å². The molecule has 5 rings (SSSR count). The van der Waals surface area contributed by atoms with Gasteiger partial charge in [-0.2, -0.15) is 0 Å². The number of fused-ring (bicyclic) bond motifs is 1. The Morgan fingerprint density at radius 2 is 1.63 bits per heavy atom. The molecular formula is C29H30N4O2. The molecule has 1 aliphatic heterocycles. The van der Waals surface area contributed by atoms with Gasteiger partial charge in [0, 0.05) is 37.2 Å². The normalized spacial score (nSPS) is 15.8. The van der Waals surface area contributed by atoms with Gasteiger partial charge in [0.15, 0.2) is 0 Å². The summed E-state index contributed by atoms with van der Waals surface area (Å²) >= 11 is 0. The van der Waals surface area contributed by atoms with Crippen molar-refractivity contribution in [3.63, 3.8) is 0 Å². The lowest BCUT2D eigenvalue weighted by Gasteiger charge is -2.28. The molecule has 2 amide bonds. The Morgan fingerprint density at radius 1 is 0.971 bits per heavy atom. The van der Waals surface area contributed by atoms with Crippen LogP contribution in [0.5, 0.6) is 0 Å². The molecule has 1 saturated heterocycles. The molecule has 1 atom stereocenters. The zero-order valence-corrected chi connectivity index (χ0v) is 20.2. The van der Waals surface area contributed by atoms with E-state index in [1.807, 2.05) is 113 Å². The number of nitrogens with zero attached hydrogens (tertiary/aromatic N) is 4. The third-order valence-corrected chi connectivity index (χ3v) is 6.67. The maximum Gasteiger partial charge on any atom is 0.243 e. The molecule has 6 heteroatoms. The van der Waals surface area contributed by atoms with Crippen LogP contribution in [0.15, 0.2) is 84.9 Å². The molecule has 0 saturated carbocycles. The van der Waals surface area contributed by atoms with Crippen LogP contribution in [0.1, 0.15) is 37.6 Å². The summed E-state index contributed by atoms with van der Waals surface area (Å²) in [7, 11) is 0. The van der Waals surface area contributed by atoms with E-state index < -0.39 is 0 Å². The van der Waals surface area contributed by atoms with Crippen LogP contribution >= 0.6 is 0 Å². The highest BCUT2D eigenvalue weighted by molar-refractivity contribution is 5.96. The van der Waals surface area contributed by atoms with E-state index in [1.165, 1.54) is 0 Å². The SMILES string of the molecule is CC(C)N(Cc1ccccc1)C(=O)Cn1c(C2CC(=O)N(c3ccccc3)C2)nc2ccccc21. The molecule has 0 radical (unpaired) electrons. The largest absolute Gasteiger partial charge is 0.334 e. The Balaban J connectivity index is 1.45. The lowest BCUT2D eigenvalue weighted by molar-refractivity contribution is -0.134. The average Bonchev–Trinajstić information content (AvgIpc) is 3.44. The molecule has 0 bridgehead atoms. The topological polar surface area (TPSA) is 58.4 Å². The van der Waals surface area contributed by atoms with E-state index in [0.29, 0.717) is 19.5 Å². The second-order valence-corrected chi connectivity index (χ2v) is 9.39. The summed E-state index contributed by atoms with van der Waals surface area (Å²) in [4.78, 5) is 35.2. The van der Waals surface area contributed by atoms with Gasteiger partial charge in [-0.25, -0.2) is 4.98 Å². The molecule has 4 aromatic rings. The number of carbonyl (C=O) groups excluding carboxylic acids is 2. The number of benzene rings is 3. The van der Waals surface area contributed by atoms with Crippen molar-refractivity contribution in [2.24, 2.45) is 0 Å². The van der Waals surface area contributed by atoms with Crippen molar-refractivity contribution in [2.75, 3.05) is 11.4 Å². The highest BCUT2D eigenvalue weighted by atomic mass is 16.2. The first-order valence-corrected chi connectivity index (χ1v) is 12.1. The zero-order chi connectivity index (χ0) is 24.4. The monoisotopic (exact) mass is 466 g/mol. The molecule has 1 aromatic heterocycles. The third-order valence-electron chi connectivity index (χ3n) is 6.67. The molecule has 6 nitrogen and oxygen atoms in total.